The molecule has 1 aromatic carbocycles. The van der Waals surface area contributed by atoms with Crippen molar-refractivity contribution in [1.82, 2.24) is 5.32 Å². The molecule has 0 heterocycles. The molecule has 106 valence electrons. The normalized spacial score (nSPS) is 11.6. The van der Waals surface area contributed by atoms with Gasteiger partial charge in [0.25, 0.3) is 0 Å². The molecule has 0 saturated carbocycles. The molecule has 0 aliphatic carbocycles. The Morgan fingerprint density at radius 1 is 1.35 bits per heavy atom. The molecule has 0 aromatic heterocycles. The maximum Gasteiger partial charge on any atom is 0.326 e. The number of carbonyl (C=O) groups excluding carboxylic acids is 1. The van der Waals surface area contributed by atoms with Crippen LogP contribution < -0.4 is 10.2 Å². The summed E-state index contributed by atoms with van der Waals surface area (Å²) in [7, 11) is 1.49. The molecular formula is C14H17N3O3. The van der Waals surface area contributed by atoms with Crippen molar-refractivity contribution in [3.05, 3.63) is 29.8 Å². The summed E-state index contributed by atoms with van der Waals surface area (Å²) in [6.07, 6.45) is 0. The number of anilines is 1. The number of amides is 2. The second-order valence-electron chi connectivity index (χ2n) is 4.70. The molecule has 20 heavy (non-hydrogen) atoms. The number of nitriles is 1. The number of hydrogen-bond acceptors (Lipinski definition) is 3. The van der Waals surface area contributed by atoms with E-state index < -0.39 is 18.0 Å². The minimum Gasteiger partial charge on any atom is -0.480 e. The SMILES string of the molecule is CC(C)C(NC(=O)N(C)c1ccccc1C#N)C(=O)O. The smallest absolute Gasteiger partial charge is 0.326 e. The lowest BCUT2D eigenvalue weighted by Crippen LogP contribution is -2.49. The lowest BCUT2D eigenvalue weighted by Gasteiger charge is -2.23. The van der Waals surface area contributed by atoms with Crippen LogP contribution in [0, 0.1) is 17.2 Å². The first-order valence-corrected chi connectivity index (χ1v) is 6.14. The van der Waals surface area contributed by atoms with E-state index in [0.717, 1.165) is 0 Å². The molecule has 0 saturated heterocycles. The summed E-state index contributed by atoms with van der Waals surface area (Å²) in [4.78, 5) is 24.4. The number of hydrogen-bond donors (Lipinski definition) is 2. The standard InChI is InChI=1S/C14H17N3O3/c1-9(2)12(13(18)19)16-14(20)17(3)11-7-5-4-6-10(11)8-15/h4-7,9,12H,1-3H3,(H,16,20)(H,18,19). The van der Waals surface area contributed by atoms with Crippen LogP contribution in [-0.2, 0) is 4.79 Å². The Hall–Kier alpha value is -2.55. The van der Waals surface area contributed by atoms with Gasteiger partial charge in [0.1, 0.15) is 12.1 Å². The van der Waals surface area contributed by atoms with Crippen molar-refractivity contribution in [1.29, 1.82) is 5.26 Å². The number of benzene rings is 1. The monoisotopic (exact) mass is 275 g/mol. The number of carbonyl (C=O) groups is 2. The zero-order valence-corrected chi connectivity index (χ0v) is 11.6. The van der Waals surface area contributed by atoms with E-state index in [9.17, 15) is 9.59 Å². The molecule has 1 rings (SSSR count). The van der Waals surface area contributed by atoms with E-state index in [2.05, 4.69) is 5.32 Å². The summed E-state index contributed by atoms with van der Waals surface area (Å²) in [5.74, 6) is -1.33. The average molecular weight is 275 g/mol. The Kier molecular flexibility index (Phi) is 5.09. The van der Waals surface area contributed by atoms with Gasteiger partial charge in [-0.05, 0) is 18.1 Å². The molecule has 1 atom stereocenters. The number of para-hydroxylation sites is 1. The van der Waals surface area contributed by atoms with Crippen molar-refractivity contribution in [3.8, 4) is 6.07 Å². The van der Waals surface area contributed by atoms with Gasteiger partial charge >= 0.3 is 12.0 Å². The summed E-state index contributed by atoms with van der Waals surface area (Å²) < 4.78 is 0. The molecule has 0 bridgehead atoms. The van der Waals surface area contributed by atoms with E-state index in [4.69, 9.17) is 10.4 Å². The Bertz CT molecular complexity index is 549. The van der Waals surface area contributed by atoms with Gasteiger partial charge in [0.15, 0.2) is 0 Å². The van der Waals surface area contributed by atoms with Gasteiger partial charge in [0, 0.05) is 7.05 Å². The third-order valence-corrected chi connectivity index (χ3v) is 2.90. The minimum absolute atomic E-state index is 0.240. The summed E-state index contributed by atoms with van der Waals surface area (Å²) in [6.45, 7) is 3.42. The highest BCUT2D eigenvalue weighted by Crippen LogP contribution is 2.18. The molecule has 2 amide bonds. The highest BCUT2D eigenvalue weighted by Gasteiger charge is 2.25. The molecule has 0 radical (unpaired) electrons. The van der Waals surface area contributed by atoms with E-state index >= 15 is 0 Å². The first-order chi connectivity index (χ1) is 9.38. The van der Waals surface area contributed by atoms with E-state index in [1.165, 1.54) is 11.9 Å². The van der Waals surface area contributed by atoms with Crippen LogP contribution in [0.5, 0.6) is 0 Å². The number of nitrogens with one attached hydrogen (secondary N) is 1. The van der Waals surface area contributed by atoms with Crippen molar-refractivity contribution in [3.63, 3.8) is 0 Å². The van der Waals surface area contributed by atoms with Crippen LogP contribution in [0.4, 0.5) is 10.5 Å². The Balaban J connectivity index is 2.92. The predicted molar refractivity (Wildman–Crippen MR) is 74.4 cm³/mol. The topological polar surface area (TPSA) is 93.4 Å². The van der Waals surface area contributed by atoms with Gasteiger partial charge < -0.3 is 10.4 Å². The van der Waals surface area contributed by atoms with Crippen LogP contribution >= 0.6 is 0 Å². The molecule has 0 aliphatic heterocycles. The van der Waals surface area contributed by atoms with Crippen molar-refractivity contribution >= 4 is 17.7 Å². The lowest BCUT2D eigenvalue weighted by molar-refractivity contribution is -0.140. The number of rotatable bonds is 4. The molecule has 2 N–H and O–H groups in total. The van der Waals surface area contributed by atoms with Crippen molar-refractivity contribution < 1.29 is 14.7 Å². The maximum absolute atomic E-state index is 12.1. The van der Waals surface area contributed by atoms with Gasteiger partial charge in [-0.15, -0.1) is 0 Å². The van der Waals surface area contributed by atoms with E-state index in [0.29, 0.717) is 11.3 Å². The second-order valence-corrected chi connectivity index (χ2v) is 4.70. The first kappa shape index (κ1) is 15.5. The van der Waals surface area contributed by atoms with Crippen LogP contribution in [0.15, 0.2) is 24.3 Å². The van der Waals surface area contributed by atoms with Gasteiger partial charge in [-0.2, -0.15) is 5.26 Å². The third-order valence-electron chi connectivity index (χ3n) is 2.90. The fourth-order valence-corrected chi connectivity index (χ4v) is 1.71. The third kappa shape index (κ3) is 3.48. The number of aliphatic carboxylic acids is 1. The highest BCUT2D eigenvalue weighted by molar-refractivity contribution is 5.95. The average Bonchev–Trinajstić information content (AvgIpc) is 2.42. The molecule has 0 spiro atoms. The van der Waals surface area contributed by atoms with Crippen LogP contribution in [0.2, 0.25) is 0 Å². The Labute approximate surface area is 117 Å². The molecule has 1 aromatic rings. The number of nitrogens with zero attached hydrogens (tertiary/aromatic N) is 2. The highest BCUT2D eigenvalue weighted by atomic mass is 16.4. The molecule has 6 nitrogen and oxygen atoms in total. The van der Waals surface area contributed by atoms with Gasteiger partial charge in [-0.25, -0.2) is 9.59 Å². The Morgan fingerprint density at radius 2 is 1.95 bits per heavy atom. The summed E-state index contributed by atoms with van der Waals surface area (Å²) in [6, 6.07) is 7.08. The van der Waals surface area contributed by atoms with Gasteiger partial charge in [-0.1, -0.05) is 26.0 Å². The molecule has 0 aliphatic rings. The lowest BCUT2D eigenvalue weighted by atomic mass is 10.1. The fraction of sp³-hybridized carbons (Fsp3) is 0.357. The summed E-state index contributed by atoms with van der Waals surface area (Å²) in [5.41, 5.74) is 0.780. The van der Waals surface area contributed by atoms with Gasteiger partial charge in [0.2, 0.25) is 0 Å². The number of carboxylic acid groups (broad SMARTS) is 1. The second kappa shape index (κ2) is 6.57. The quantitative estimate of drug-likeness (QED) is 0.876. The summed E-state index contributed by atoms with van der Waals surface area (Å²) >= 11 is 0. The van der Waals surface area contributed by atoms with Crippen LogP contribution in [-0.4, -0.2) is 30.2 Å². The zero-order valence-electron chi connectivity index (χ0n) is 11.6. The van der Waals surface area contributed by atoms with Crippen LogP contribution in [0.3, 0.4) is 0 Å². The predicted octanol–water partition coefficient (Wildman–Crippen LogP) is 1.81. The molecule has 6 heteroatoms. The van der Waals surface area contributed by atoms with Gasteiger partial charge in [0.05, 0.1) is 11.3 Å². The van der Waals surface area contributed by atoms with E-state index in [1.54, 1.807) is 38.1 Å². The number of urea groups is 1. The molecular weight excluding hydrogens is 258 g/mol. The van der Waals surface area contributed by atoms with E-state index in [-0.39, 0.29) is 5.92 Å². The van der Waals surface area contributed by atoms with Crippen molar-refractivity contribution in [2.24, 2.45) is 5.92 Å². The molecule has 0 fully saturated rings. The van der Waals surface area contributed by atoms with Crippen molar-refractivity contribution in [2.45, 2.75) is 19.9 Å². The zero-order chi connectivity index (χ0) is 15.3. The number of carboxylic acids is 1. The van der Waals surface area contributed by atoms with E-state index in [1.807, 2.05) is 6.07 Å². The van der Waals surface area contributed by atoms with Crippen molar-refractivity contribution in [2.75, 3.05) is 11.9 Å². The van der Waals surface area contributed by atoms with Crippen LogP contribution in [0.1, 0.15) is 19.4 Å². The maximum atomic E-state index is 12.1. The Morgan fingerprint density at radius 3 is 2.45 bits per heavy atom. The largest absolute Gasteiger partial charge is 0.480 e. The summed E-state index contributed by atoms with van der Waals surface area (Å²) in [5, 5.41) is 20.5. The molecule has 1 unspecified atom stereocenters. The minimum atomic E-state index is -1.09. The van der Waals surface area contributed by atoms with Gasteiger partial charge in [-0.3, -0.25) is 4.90 Å². The first-order valence-electron chi connectivity index (χ1n) is 6.14. The fourth-order valence-electron chi connectivity index (χ4n) is 1.71. The van der Waals surface area contributed by atoms with Crippen LogP contribution in [0.25, 0.3) is 0 Å².